The number of nitrogens with one attached hydrogen (secondary N) is 1. The largest absolute Gasteiger partial charge is 0.478 e. The summed E-state index contributed by atoms with van der Waals surface area (Å²) in [6, 6.07) is 0.884. The summed E-state index contributed by atoms with van der Waals surface area (Å²) in [5.41, 5.74) is 0.567. The van der Waals surface area contributed by atoms with Crippen molar-refractivity contribution in [2.45, 2.75) is 6.04 Å². The number of rotatable bonds is 3. The van der Waals surface area contributed by atoms with Crippen LogP contribution in [0.2, 0.25) is 0 Å². The molecule has 1 aromatic heterocycles. The van der Waals surface area contributed by atoms with Gasteiger partial charge in [0.1, 0.15) is 6.04 Å². The first kappa shape index (κ1) is 13.3. The van der Waals surface area contributed by atoms with Gasteiger partial charge in [-0.05, 0) is 6.07 Å². The highest BCUT2D eigenvalue weighted by Crippen LogP contribution is 2.23. The van der Waals surface area contributed by atoms with Crippen LogP contribution in [0, 0.1) is 0 Å². The number of aromatic carboxylic acids is 1. The summed E-state index contributed by atoms with van der Waals surface area (Å²) in [5.74, 6) is -1.25. The minimum Gasteiger partial charge on any atom is -0.478 e. The van der Waals surface area contributed by atoms with Gasteiger partial charge in [-0.25, -0.2) is 4.79 Å². The summed E-state index contributed by atoms with van der Waals surface area (Å²) in [7, 11) is 1.54. The lowest BCUT2D eigenvalue weighted by molar-refractivity contribution is -0.124. The molecule has 0 saturated carbocycles. The monoisotopic (exact) mass is 265 g/mol. The van der Waals surface area contributed by atoms with Crippen LogP contribution in [-0.2, 0) is 9.53 Å². The third-order valence-electron chi connectivity index (χ3n) is 3.02. The van der Waals surface area contributed by atoms with Gasteiger partial charge in [-0.3, -0.25) is 9.78 Å². The first-order valence-electron chi connectivity index (χ1n) is 5.88. The number of hydrogen-bond donors (Lipinski definition) is 2. The maximum absolute atomic E-state index is 11.8. The number of ether oxygens (including phenoxy) is 1. The number of carboxylic acids is 1. The van der Waals surface area contributed by atoms with Gasteiger partial charge in [-0.1, -0.05) is 0 Å². The molecule has 0 radical (unpaired) electrons. The Morgan fingerprint density at radius 1 is 1.58 bits per heavy atom. The third kappa shape index (κ3) is 2.65. The van der Waals surface area contributed by atoms with Crippen molar-refractivity contribution >= 4 is 17.6 Å². The van der Waals surface area contributed by atoms with Gasteiger partial charge in [0.15, 0.2) is 0 Å². The van der Waals surface area contributed by atoms with Gasteiger partial charge in [0.2, 0.25) is 5.91 Å². The fourth-order valence-electron chi connectivity index (χ4n) is 2.07. The highest BCUT2D eigenvalue weighted by molar-refractivity contribution is 5.95. The van der Waals surface area contributed by atoms with Crippen LogP contribution < -0.4 is 10.2 Å². The lowest BCUT2D eigenvalue weighted by Crippen LogP contribution is -2.53. The second-order valence-corrected chi connectivity index (χ2v) is 4.10. The van der Waals surface area contributed by atoms with Gasteiger partial charge in [0.25, 0.3) is 0 Å². The molecule has 1 aromatic rings. The minimum absolute atomic E-state index is 0.130. The summed E-state index contributed by atoms with van der Waals surface area (Å²) < 4.78 is 5.29. The Bertz CT molecular complexity index is 492. The zero-order valence-electron chi connectivity index (χ0n) is 10.5. The number of pyridine rings is 1. The summed E-state index contributed by atoms with van der Waals surface area (Å²) in [6.07, 6.45) is 2.88. The predicted molar refractivity (Wildman–Crippen MR) is 67.2 cm³/mol. The molecule has 102 valence electrons. The molecule has 0 spiro atoms. The normalized spacial score (nSPS) is 19.0. The molecule has 1 aliphatic rings. The number of nitrogens with zero attached hydrogens (tertiary/aromatic N) is 2. The highest BCUT2D eigenvalue weighted by Gasteiger charge is 2.31. The van der Waals surface area contributed by atoms with Crippen LogP contribution in [-0.4, -0.2) is 54.8 Å². The van der Waals surface area contributed by atoms with E-state index in [0.29, 0.717) is 18.8 Å². The zero-order chi connectivity index (χ0) is 13.8. The zero-order valence-corrected chi connectivity index (χ0v) is 10.5. The van der Waals surface area contributed by atoms with Crippen molar-refractivity contribution in [3.8, 4) is 0 Å². The maximum Gasteiger partial charge on any atom is 0.337 e. The molecule has 1 fully saturated rings. The number of carbonyl (C=O) groups excluding carboxylic acids is 1. The van der Waals surface area contributed by atoms with Gasteiger partial charge in [-0.2, -0.15) is 0 Å². The summed E-state index contributed by atoms with van der Waals surface area (Å²) >= 11 is 0. The summed E-state index contributed by atoms with van der Waals surface area (Å²) in [5, 5.41) is 11.7. The van der Waals surface area contributed by atoms with Crippen molar-refractivity contribution < 1.29 is 19.4 Å². The maximum atomic E-state index is 11.8. The molecule has 19 heavy (non-hydrogen) atoms. The molecule has 1 aliphatic heterocycles. The van der Waals surface area contributed by atoms with Crippen LogP contribution in [0.25, 0.3) is 0 Å². The van der Waals surface area contributed by atoms with Crippen LogP contribution in [0.5, 0.6) is 0 Å². The smallest absolute Gasteiger partial charge is 0.337 e. The van der Waals surface area contributed by atoms with E-state index in [0.717, 1.165) is 0 Å². The first-order valence-corrected chi connectivity index (χ1v) is 5.88. The average Bonchev–Trinajstić information content (AvgIpc) is 2.46. The fourth-order valence-corrected chi connectivity index (χ4v) is 2.07. The fraction of sp³-hybridized carbons (Fsp3) is 0.417. The molecule has 0 aliphatic carbocycles. The third-order valence-corrected chi connectivity index (χ3v) is 3.02. The van der Waals surface area contributed by atoms with E-state index in [1.807, 2.05) is 0 Å². The van der Waals surface area contributed by atoms with Gasteiger partial charge in [0.05, 0.1) is 30.7 Å². The van der Waals surface area contributed by atoms with E-state index in [2.05, 4.69) is 10.3 Å². The molecule has 7 heteroatoms. The van der Waals surface area contributed by atoms with Crippen LogP contribution in [0.4, 0.5) is 5.69 Å². The lowest BCUT2D eigenvalue weighted by atomic mass is 10.1. The number of carboxylic acid groups (broad SMARTS) is 1. The molecule has 1 saturated heterocycles. The van der Waals surface area contributed by atoms with E-state index >= 15 is 0 Å². The second kappa shape index (κ2) is 5.66. The molecule has 2 N–H and O–H groups in total. The number of carbonyl (C=O) groups is 2. The van der Waals surface area contributed by atoms with Crippen molar-refractivity contribution in [2.75, 3.05) is 31.7 Å². The van der Waals surface area contributed by atoms with Crippen molar-refractivity contribution in [1.82, 2.24) is 10.3 Å². The van der Waals surface area contributed by atoms with Crippen molar-refractivity contribution in [2.24, 2.45) is 0 Å². The molecule has 1 unspecified atom stereocenters. The number of anilines is 1. The minimum atomic E-state index is -1.04. The van der Waals surface area contributed by atoms with E-state index in [1.165, 1.54) is 25.5 Å². The Labute approximate surface area is 110 Å². The molecular weight excluding hydrogens is 250 g/mol. The van der Waals surface area contributed by atoms with Crippen LogP contribution in [0.1, 0.15) is 10.4 Å². The summed E-state index contributed by atoms with van der Waals surface area (Å²) in [6.45, 7) is 1.12. The highest BCUT2D eigenvalue weighted by atomic mass is 16.5. The molecule has 1 amide bonds. The Morgan fingerprint density at radius 2 is 2.37 bits per heavy atom. The van der Waals surface area contributed by atoms with Gasteiger partial charge >= 0.3 is 5.97 Å². The van der Waals surface area contributed by atoms with Crippen molar-refractivity contribution in [3.63, 3.8) is 0 Å². The summed E-state index contributed by atoms with van der Waals surface area (Å²) in [4.78, 5) is 28.7. The quantitative estimate of drug-likeness (QED) is 0.781. The Hall–Kier alpha value is -2.15. The molecular formula is C12H15N3O4. The number of likely N-dealkylation sites (N-methyl/N-ethyl adjacent to an activating group) is 1. The van der Waals surface area contributed by atoms with Crippen LogP contribution in [0.3, 0.4) is 0 Å². The topological polar surface area (TPSA) is 91.8 Å². The van der Waals surface area contributed by atoms with Gasteiger partial charge in [0, 0.05) is 19.8 Å². The first-order chi connectivity index (χ1) is 9.15. The Kier molecular flexibility index (Phi) is 3.96. The van der Waals surface area contributed by atoms with E-state index in [4.69, 9.17) is 4.74 Å². The second-order valence-electron chi connectivity index (χ2n) is 4.10. The van der Waals surface area contributed by atoms with Crippen LogP contribution >= 0.6 is 0 Å². The Morgan fingerprint density at radius 3 is 3.05 bits per heavy atom. The molecule has 2 heterocycles. The molecule has 0 bridgehead atoms. The average molecular weight is 265 g/mol. The Balaban J connectivity index is 2.37. The molecule has 0 aromatic carbocycles. The standard InChI is InChI=1S/C12H15N3O4/c1-13-11(16)10-7-19-5-4-15(10)9-6-14-3-2-8(9)12(17)18/h2-3,6,10H,4-5,7H2,1H3,(H,13,16)(H,17,18). The number of morpholine rings is 1. The van der Waals surface area contributed by atoms with Crippen molar-refractivity contribution in [3.05, 3.63) is 24.0 Å². The number of amides is 1. The molecule has 1 atom stereocenters. The molecule has 7 nitrogen and oxygen atoms in total. The number of hydrogen-bond acceptors (Lipinski definition) is 5. The van der Waals surface area contributed by atoms with Gasteiger partial charge in [-0.15, -0.1) is 0 Å². The molecule has 2 rings (SSSR count). The SMILES string of the molecule is CNC(=O)C1COCCN1c1cnccc1C(=O)O. The van der Waals surface area contributed by atoms with E-state index in [-0.39, 0.29) is 18.1 Å². The van der Waals surface area contributed by atoms with E-state index in [9.17, 15) is 14.7 Å². The van der Waals surface area contributed by atoms with E-state index < -0.39 is 12.0 Å². The lowest BCUT2D eigenvalue weighted by Gasteiger charge is -2.36. The number of aromatic nitrogens is 1. The predicted octanol–water partition coefficient (Wildman–Crippen LogP) is -0.269. The van der Waals surface area contributed by atoms with Crippen molar-refractivity contribution in [1.29, 1.82) is 0 Å². The van der Waals surface area contributed by atoms with Gasteiger partial charge < -0.3 is 20.1 Å². The van der Waals surface area contributed by atoms with E-state index in [1.54, 1.807) is 4.90 Å². The van der Waals surface area contributed by atoms with Crippen LogP contribution in [0.15, 0.2) is 18.5 Å².